The molecule has 1 aliphatic heterocycles. The molecule has 32 valence electrons. The van der Waals surface area contributed by atoms with E-state index in [0.29, 0.717) is 11.6 Å². The molecule has 0 N–H and O–H groups in total. The van der Waals surface area contributed by atoms with Crippen LogP contribution < -0.4 is 29.6 Å². The van der Waals surface area contributed by atoms with Gasteiger partial charge in [-0.3, -0.25) is 0 Å². The Labute approximate surface area is 69.0 Å². The van der Waals surface area contributed by atoms with Crippen LogP contribution in [0.5, 0.6) is 0 Å². The minimum atomic E-state index is 0. The van der Waals surface area contributed by atoms with Gasteiger partial charge in [-0.15, -0.1) is 0 Å². The van der Waals surface area contributed by atoms with Gasteiger partial charge in [0.15, 0.2) is 0 Å². The Kier molecular flexibility index (Phi) is 3.73. The molecule has 0 atom stereocenters. The van der Waals surface area contributed by atoms with Crippen molar-refractivity contribution in [3.8, 4) is 0 Å². The number of rotatable bonds is 0. The second-order valence-corrected chi connectivity index (χ2v) is 1.35. The second-order valence-electron chi connectivity index (χ2n) is 0.883. The van der Waals surface area contributed by atoms with Gasteiger partial charge in [0.2, 0.25) is 0 Å². The molecule has 1 heterocycles. The summed E-state index contributed by atoms with van der Waals surface area (Å²) in [5, 5.41) is 10.8. The maximum Gasteiger partial charge on any atom is 1.00 e. The summed E-state index contributed by atoms with van der Waals surface area (Å²) in [6.45, 7) is 0.509. The van der Waals surface area contributed by atoms with Crippen molar-refractivity contribution < 1.29 is 29.6 Å². The molecule has 0 spiro atoms. The maximum absolute atomic E-state index is 4.56. The Morgan fingerprint density at radius 2 is 2.29 bits per heavy atom. The molecule has 3 nitrogen and oxygen atoms in total. The average Bonchev–Trinajstić information content (AvgIpc) is 1.86. The largest absolute Gasteiger partial charge is 1.00 e. The molecule has 0 radical (unpaired) electrons. The molecular weight excluding hydrogens is 121 g/mol. The molecule has 1 rings (SSSR count). The minimum absolute atomic E-state index is 0. The van der Waals surface area contributed by atoms with Crippen molar-refractivity contribution >= 4 is 17.7 Å². The van der Waals surface area contributed by atoms with Gasteiger partial charge < -0.3 is 12.6 Å². The van der Waals surface area contributed by atoms with E-state index in [1.54, 1.807) is 0 Å². The fraction of sp³-hybridized carbons (Fsp3) is 0.500. The van der Waals surface area contributed by atoms with Gasteiger partial charge in [0.1, 0.15) is 0 Å². The van der Waals surface area contributed by atoms with E-state index in [-0.39, 0.29) is 29.6 Å². The third-order valence-electron chi connectivity index (χ3n) is 0.425. The monoisotopic (exact) mass is 123 g/mol. The van der Waals surface area contributed by atoms with E-state index < -0.39 is 0 Å². The molecule has 7 heavy (non-hydrogen) atoms. The molecule has 1 aliphatic rings. The topological polar surface area (TPSA) is 37.1 Å². The minimum Gasteiger partial charge on any atom is -0.761 e. The molecule has 5 heteroatoms. The Balaban J connectivity index is 0.000000360. The van der Waals surface area contributed by atoms with E-state index in [4.69, 9.17) is 0 Å². The molecule has 0 fully saturated rings. The summed E-state index contributed by atoms with van der Waals surface area (Å²) in [6, 6.07) is 0. The summed E-state index contributed by atoms with van der Waals surface area (Å²) < 4.78 is 0. The Bertz CT molecular complexity index is 110. The summed E-state index contributed by atoms with van der Waals surface area (Å²) in [4.78, 5) is 0. The Morgan fingerprint density at radius 1 is 1.57 bits per heavy atom. The molecule has 0 unspecified atom stereocenters. The summed E-state index contributed by atoms with van der Waals surface area (Å²) in [7, 11) is 0. The van der Waals surface area contributed by atoms with Gasteiger partial charge in [0.05, 0.1) is 6.54 Å². The Hall–Kier alpha value is 0.490. The molecule has 0 bridgehead atoms. The molecule has 0 aromatic carbocycles. The first-order valence-electron chi connectivity index (χ1n) is 1.50. The van der Waals surface area contributed by atoms with Gasteiger partial charge in [-0.1, -0.05) is 10.3 Å². The van der Waals surface area contributed by atoms with Crippen LogP contribution in [0.15, 0.2) is 15.4 Å². The molecule has 0 aliphatic carbocycles. The van der Waals surface area contributed by atoms with Crippen molar-refractivity contribution in [1.29, 1.82) is 0 Å². The first-order chi connectivity index (χ1) is 2.89. The zero-order valence-corrected chi connectivity index (χ0v) is 6.77. The van der Waals surface area contributed by atoms with Gasteiger partial charge in [-0.05, 0) is 0 Å². The van der Waals surface area contributed by atoms with Crippen LogP contribution >= 0.6 is 0 Å². The SMILES string of the molecule is [Na+].[S-]C1=NN=NC1. The van der Waals surface area contributed by atoms with Crippen LogP contribution in [0, 0.1) is 0 Å². The molecule has 0 aromatic heterocycles. The molecule has 0 saturated heterocycles. The van der Waals surface area contributed by atoms with Gasteiger partial charge in [-0.2, -0.15) is 10.2 Å². The first kappa shape index (κ1) is 7.49. The van der Waals surface area contributed by atoms with Crippen LogP contribution in [-0.4, -0.2) is 11.6 Å². The van der Waals surface area contributed by atoms with Gasteiger partial charge in [0.25, 0.3) is 0 Å². The van der Waals surface area contributed by atoms with Gasteiger partial charge in [-0.25, -0.2) is 0 Å². The van der Waals surface area contributed by atoms with E-state index in [9.17, 15) is 0 Å². The van der Waals surface area contributed by atoms with Crippen molar-refractivity contribution in [2.45, 2.75) is 0 Å². The van der Waals surface area contributed by atoms with Crippen molar-refractivity contribution in [1.82, 2.24) is 0 Å². The Morgan fingerprint density at radius 3 is 2.43 bits per heavy atom. The summed E-state index contributed by atoms with van der Waals surface area (Å²) >= 11 is 4.56. The van der Waals surface area contributed by atoms with Crippen LogP contribution in [0.25, 0.3) is 0 Å². The third-order valence-corrected chi connectivity index (χ3v) is 0.636. The number of nitrogens with zero attached hydrogens (tertiary/aromatic N) is 3. The molecule has 0 aromatic rings. The summed E-state index contributed by atoms with van der Waals surface area (Å²) in [6.07, 6.45) is 0. The van der Waals surface area contributed by atoms with E-state index in [1.165, 1.54) is 0 Å². The average molecular weight is 123 g/mol. The summed E-state index contributed by atoms with van der Waals surface area (Å²) in [5.74, 6) is 0. The van der Waals surface area contributed by atoms with Crippen molar-refractivity contribution in [3.05, 3.63) is 0 Å². The zero-order chi connectivity index (χ0) is 4.41. The molecular formula is C2H2N3NaS. The van der Waals surface area contributed by atoms with Crippen molar-refractivity contribution in [3.63, 3.8) is 0 Å². The van der Waals surface area contributed by atoms with E-state index in [0.717, 1.165) is 0 Å². The van der Waals surface area contributed by atoms with Crippen molar-refractivity contribution in [2.75, 3.05) is 6.54 Å². The second kappa shape index (κ2) is 3.49. The fourth-order valence-corrected chi connectivity index (χ4v) is 0.299. The third kappa shape index (κ3) is 2.33. The zero-order valence-electron chi connectivity index (χ0n) is 3.96. The van der Waals surface area contributed by atoms with Crippen LogP contribution in [0.3, 0.4) is 0 Å². The normalized spacial score (nSPS) is 15.7. The predicted octanol–water partition coefficient (Wildman–Crippen LogP) is -2.68. The van der Waals surface area contributed by atoms with Crippen LogP contribution in [0.2, 0.25) is 0 Å². The standard InChI is InChI=1S/C2H3N3S.Na/c6-2-1-3-5-4-2;/h1H2,(H,3,4,6);/q;+1/p-1. The smallest absolute Gasteiger partial charge is 0.761 e. The summed E-state index contributed by atoms with van der Waals surface area (Å²) in [5.41, 5.74) is 0. The van der Waals surface area contributed by atoms with Crippen LogP contribution in [0.4, 0.5) is 0 Å². The van der Waals surface area contributed by atoms with Gasteiger partial charge in [0, 0.05) is 0 Å². The van der Waals surface area contributed by atoms with Crippen LogP contribution in [-0.2, 0) is 12.6 Å². The number of hydrogen-bond donors (Lipinski definition) is 0. The van der Waals surface area contributed by atoms with E-state index in [1.807, 2.05) is 0 Å². The molecule has 0 amide bonds. The van der Waals surface area contributed by atoms with E-state index >= 15 is 0 Å². The predicted molar refractivity (Wildman–Crippen MR) is 24.5 cm³/mol. The quantitative estimate of drug-likeness (QED) is 0.255. The first-order valence-corrected chi connectivity index (χ1v) is 1.91. The van der Waals surface area contributed by atoms with Gasteiger partial charge >= 0.3 is 29.6 Å². The molecule has 0 saturated carbocycles. The number of hydrogen-bond acceptors (Lipinski definition) is 4. The van der Waals surface area contributed by atoms with Crippen LogP contribution in [0.1, 0.15) is 0 Å². The maximum atomic E-state index is 4.56. The van der Waals surface area contributed by atoms with E-state index in [2.05, 4.69) is 28.1 Å². The fourth-order valence-electron chi connectivity index (χ4n) is 0.205. The van der Waals surface area contributed by atoms with Crippen molar-refractivity contribution in [2.24, 2.45) is 15.4 Å².